The van der Waals surface area contributed by atoms with Crippen molar-refractivity contribution in [3.8, 4) is 0 Å². The summed E-state index contributed by atoms with van der Waals surface area (Å²) in [4.78, 5) is 33.8. The van der Waals surface area contributed by atoms with Crippen LogP contribution in [0.2, 0.25) is 0 Å². The molecule has 2 aromatic carbocycles. The average Bonchev–Trinajstić information content (AvgIpc) is 3.02. The second kappa shape index (κ2) is 6.78. The van der Waals surface area contributed by atoms with Crippen LogP contribution in [0.4, 0.5) is 10.1 Å². The number of amides is 1. The van der Waals surface area contributed by atoms with Gasteiger partial charge in [-0.15, -0.1) is 11.3 Å². The summed E-state index contributed by atoms with van der Waals surface area (Å²) in [5.74, 6) is -0.910. The van der Waals surface area contributed by atoms with E-state index in [9.17, 15) is 24.1 Å². The number of thiophene rings is 1. The largest absolute Gasteiger partial charge is 0.338 e. The normalized spacial score (nSPS) is 11.9. The van der Waals surface area contributed by atoms with E-state index in [1.165, 1.54) is 47.7 Å². The smallest absolute Gasteiger partial charge is 0.269 e. The van der Waals surface area contributed by atoms with E-state index in [0.717, 1.165) is 0 Å². The molecule has 0 spiro atoms. The number of benzene rings is 2. The van der Waals surface area contributed by atoms with Crippen LogP contribution < -0.4 is 5.32 Å². The molecule has 0 aliphatic rings. The minimum Gasteiger partial charge on any atom is -0.338 e. The molecular weight excluding hydrogens is 347 g/mol. The number of nitro groups is 1. The Morgan fingerprint density at radius 3 is 2.60 bits per heavy atom. The van der Waals surface area contributed by atoms with E-state index in [-0.39, 0.29) is 17.1 Å². The highest BCUT2D eigenvalue weighted by molar-refractivity contribution is 7.17. The number of non-ortho nitro benzene ring substituents is 1. The lowest BCUT2D eigenvalue weighted by Crippen LogP contribution is -2.29. The van der Waals surface area contributed by atoms with E-state index in [4.69, 9.17) is 0 Å². The van der Waals surface area contributed by atoms with E-state index in [1.54, 1.807) is 11.4 Å². The van der Waals surface area contributed by atoms with Gasteiger partial charge in [0.25, 0.3) is 11.6 Å². The molecule has 1 heterocycles. The van der Waals surface area contributed by atoms with Crippen molar-refractivity contribution in [2.75, 3.05) is 0 Å². The van der Waals surface area contributed by atoms with Gasteiger partial charge in [-0.2, -0.15) is 0 Å². The molecule has 6 nitrogen and oxygen atoms in total. The van der Waals surface area contributed by atoms with Crippen LogP contribution in [-0.2, 0) is 4.79 Å². The average molecular weight is 358 g/mol. The number of halogens is 1. The Hall–Kier alpha value is -3.13. The molecule has 1 aromatic heterocycles. The molecule has 1 unspecified atom stereocenters. The van der Waals surface area contributed by atoms with Gasteiger partial charge in [-0.05, 0) is 35.0 Å². The molecule has 0 fully saturated rings. The summed E-state index contributed by atoms with van der Waals surface area (Å²) in [5.41, 5.74) is 0.641. The van der Waals surface area contributed by atoms with E-state index in [0.29, 0.717) is 21.9 Å². The Morgan fingerprint density at radius 2 is 1.96 bits per heavy atom. The van der Waals surface area contributed by atoms with Crippen LogP contribution in [0.25, 0.3) is 10.1 Å². The number of fused-ring (bicyclic) bond motifs is 1. The van der Waals surface area contributed by atoms with Gasteiger partial charge in [0.1, 0.15) is 18.1 Å². The lowest BCUT2D eigenvalue weighted by atomic mass is 10.1. The van der Waals surface area contributed by atoms with Crippen molar-refractivity contribution < 1.29 is 18.9 Å². The predicted molar refractivity (Wildman–Crippen MR) is 91.2 cm³/mol. The summed E-state index contributed by atoms with van der Waals surface area (Å²) in [7, 11) is 0. The summed E-state index contributed by atoms with van der Waals surface area (Å²) in [6, 6.07) is 8.38. The molecule has 0 aliphatic carbocycles. The Bertz CT molecular complexity index is 968. The van der Waals surface area contributed by atoms with Gasteiger partial charge >= 0.3 is 0 Å². The number of nitrogens with zero attached hydrogens (tertiary/aromatic N) is 1. The van der Waals surface area contributed by atoms with Crippen molar-refractivity contribution in [3.63, 3.8) is 0 Å². The first-order valence-corrected chi connectivity index (χ1v) is 8.05. The minimum absolute atomic E-state index is 0.130. The number of rotatable bonds is 5. The van der Waals surface area contributed by atoms with Gasteiger partial charge in [0.2, 0.25) is 0 Å². The Kier molecular flexibility index (Phi) is 4.53. The SMILES string of the molecule is O=CC(NC(=O)c1ccc([N+](=O)[O-])cc1)c1csc2cc(F)ccc12. The molecule has 3 rings (SSSR count). The third kappa shape index (κ3) is 3.38. The molecule has 1 atom stereocenters. The molecule has 0 aliphatic heterocycles. The molecule has 8 heteroatoms. The molecule has 1 N–H and O–H groups in total. The highest BCUT2D eigenvalue weighted by Gasteiger charge is 2.19. The summed E-state index contributed by atoms with van der Waals surface area (Å²) in [5, 5.41) is 15.6. The molecule has 126 valence electrons. The molecule has 3 aromatic rings. The van der Waals surface area contributed by atoms with Crippen LogP contribution in [0.1, 0.15) is 22.0 Å². The van der Waals surface area contributed by atoms with E-state index in [2.05, 4.69) is 5.32 Å². The second-order valence-corrected chi connectivity index (χ2v) is 6.13. The standard InChI is InChI=1S/C17H11FN2O4S/c18-11-3-6-13-14(9-25-16(13)7-11)15(8-21)19-17(22)10-1-4-12(5-2-10)20(23)24/h1-9,15H,(H,19,22). The van der Waals surface area contributed by atoms with Crippen molar-refractivity contribution in [2.24, 2.45) is 0 Å². The monoisotopic (exact) mass is 358 g/mol. The summed E-state index contributed by atoms with van der Waals surface area (Å²) >= 11 is 1.27. The third-order valence-corrected chi connectivity index (χ3v) is 4.63. The molecule has 25 heavy (non-hydrogen) atoms. The van der Waals surface area contributed by atoms with Crippen molar-refractivity contribution >= 4 is 39.3 Å². The number of carbonyl (C=O) groups excluding carboxylic acids is 2. The maximum Gasteiger partial charge on any atom is 0.269 e. The number of carbonyl (C=O) groups is 2. The summed E-state index contributed by atoms with van der Waals surface area (Å²) in [6.07, 6.45) is 0.591. The summed E-state index contributed by atoms with van der Waals surface area (Å²) in [6.45, 7) is 0. The van der Waals surface area contributed by atoms with Crippen LogP contribution in [-0.4, -0.2) is 17.1 Å². The quantitative estimate of drug-likeness (QED) is 0.428. The maximum atomic E-state index is 13.3. The van der Waals surface area contributed by atoms with Crippen molar-refractivity contribution in [1.82, 2.24) is 5.32 Å². The predicted octanol–water partition coefficient (Wildman–Crippen LogP) is 3.62. The van der Waals surface area contributed by atoms with Gasteiger partial charge in [-0.25, -0.2) is 4.39 Å². The highest BCUT2D eigenvalue weighted by atomic mass is 32.1. The van der Waals surface area contributed by atoms with Gasteiger partial charge in [-0.3, -0.25) is 14.9 Å². The van der Waals surface area contributed by atoms with E-state index < -0.39 is 16.9 Å². The van der Waals surface area contributed by atoms with Gasteiger partial charge in [0, 0.05) is 28.0 Å². The zero-order valence-corrected chi connectivity index (χ0v) is 13.5. The molecular formula is C17H11FN2O4S. The topological polar surface area (TPSA) is 89.3 Å². The van der Waals surface area contributed by atoms with Crippen LogP contribution in [0, 0.1) is 15.9 Å². The fourth-order valence-corrected chi connectivity index (χ4v) is 3.43. The first-order chi connectivity index (χ1) is 12.0. The fourth-order valence-electron chi connectivity index (χ4n) is 2.41. The maximum absolute atomic E-state index is 13.3. The number of hydrogen-bond acceptors (Lipinski definition) is 5. The first kappa shape index (κ1) is 16.7. The second-order valence-electron chi connectivity index (χ2n) is 5.22. The van der Waals surface area contributed by atoms with Crippen molar-refractivity contribution in [2.45, 2.75) is 6.04 Å². The number of nitrogens with one attached hydrogen (secondary N) is 1. The van der Waals surface area contributed by atoms with E-state index in [1.807, 2.05) is 0 Å². The molecule has 0 saturated carbocycles. The lowest BCUT2D eigenvalue weighted by molar-refractivity contribution is -0.384. The Balaban J connectivity index is 1.84. The summed E-state index contributed by atoms with van der Waals surface area (Å²) < 4.78 is 13.9. The van der Waals surface area contributed by atoms with Crippen LogP contribution in [0.5, 0.6) is 0 Å². The first-order valence-electron chi connectivity index (χ1n) is 7.17. The van der Waals surface area contributed by atoms with Gasteiger partial charge in [0.15, 0.2) is 0 Å². The van der Waals surface area contributed by atoms with Crippen molar-refractivity contribution in [1.29, 1.82) is 0 Å². The molecule has 0 radical (unpaired) electrons. The Labute approximate surface area is 145 Å². The molecule has 0 saturated heterocycles. The number of nitro benzene ring substituents is 1. The van der Waals surface area contributed by atoms with E-state index >= 15 is 0 Å². The highest BCUT2D eigenvalue weighted by Crippen LogP contribution is 2.30. The zero-order chi connectivity index (χ0) is 18.0. The number of hydrogen-bond donors (Lipinski definition) is 1. The number of aldehydes is 1. The van der Waals surface area contributed by atoms with Crippen LogP contribution >= 0.6 is 11.3 Å². The fraction of sp³-hybridized carbons (Fsp3) is 0.0588. The van der Waals surface area contributed by atoms with Crippen molar-refractivity contribution in [3.05, 3.63) is 74.9 Å². The lowest BCUT2D eigenvalue weighted by Gasteiger charge is -2.12. The van der Waals surface area contributed by atoms with Gasteiger partial charge in [-0.1, -0.05) is 6.07 Å². The van der Waals surface area contributed by atoms with Crippen LogP contribution in [0.15, 0.2) is 47.8 Å². The van der Waals surface area contributed by atoms with Gasteiger partial charge < -0.3 is 10.1 Å². The third-order valence-electron chi connectivity index (χ3n) is 3.67. The van der Waals surface area contributed by atoms with Crippen LogP contribution in [0.3, 0.4) is 0 Å². The molecule has 1 amide bonds. The van der Waals surface area contributed by atoms with Gasteiger partial charge in [0.05, 0.1) is 4.92 Å². The zero-order valence-electron chi connectivity index (χ0n) is 12.6. The molecule has 0 bridgehead atoms. The minimum atomic E-state index is -0.901. The Morgan fingerprint density at radius 1 is 1.24 bits per heavy atom.